The number of alkyl halides is 3. The van der Waals surface area contributed by atoms with Crippen LogP contribution in [0.25, 0.3) is 21.9 Å². The van der Waals surface area contributed by atoms with Gasteiger partial charge in [0.2, 0.25) is 0 Å². The minimum atomic E-state index is -4.65. The van der Waals surface area contributed by atoms with Crippen molar-refractivity contribution < 1.29 is 37.0 Å². The highest BCUT2D eigenvalue weighted by molar-refractivity contribution is 6.01. The van der Waals surface area contributed by atoms with Crippen LogP contribution in [0.1, 0.15) is 37.5 Å². The highest BCUT2D eigenvalue weighted by Crippen LogP contribution is 2.46. The zero-order valence-electron chi connectivity index (χ0n) is 23.7. The topological polar surface area (TPSA) is 77.1 Å². The van der Waals surface area contributed by atoms with Gasteiger partial charge in [0, 0.05) is 18.5 Å². The number of ether oxygens (including phenoxy) is 3. The summed E-state index contributed by atoms with van der Waals surface area (Å²) in [5.74, 6) is -0.594. The molecule has 40 heavy (non-hydrogen) atoms. The molecule has 0 aliphatic heterocycles. The number of hydrogen-bond acceptors (Lipinski definition) is 6. The SMILES string of the molecule is COC(=O)[C@H](Cc1cccc2c(-c3c(OC)ccc(CN(C)C)c3C(F)(F)F)cccc12)NC(=O)OC(C)(C)C. The number of hydrogen-bond donors (Lipinski definition) is 1. The summed E-state index contributed by atoms with van der Waals surface area (Å²) in [6.45, 7) is 5.17. The van der Waals surface area contributed by atoms with Gasteiger partial charge in [-0.2, -0.15) is 13.2 Å². The molecule has 0 unspecified atom stereocenters. The summed E-state index contributed by atoms with van der Waals surface area (Å²) in [6.07, 6.45) is -5.42. The Morgan fingerprint density at radius 1 is 0.925 bits per heavy atom. The summed E-state index contributed by atoms with van der Waals surface area (Å²) >= 11 is 0. The Labute approximate surface area is 232 Å². The van der Waals surface area contributed by atoms with E-state index in [9.17, 15) is 22.8 Å². The lowest BCUT2D eigenvalue weighted by Gasteiger charge is -2.24. The van der Waals surface area contributed by atoms with Crippen LogP contribution in [0.4, 0.5) is 18.0 Å². The van der Waals surface area contributed by atoms with E-state index in [4.69, 9.17) is 14.2 Å². The van der Waals surface area contributed by atoms with Crippen LogP contribution in [0.15, 0.2) is 48.5 Å². The monoisotopic (exact) mass is 560 g/mol. The molecule has 7 nitrogen and oxygen atoms in total. The van der Waals surface area contributed by atoms with Crippen LogP contribution >= 0.6 is 0 Å². The van der Waals surface area contributed by atoms with Crippen LogP contribution in [-0.2, 0) is 33.4 Å². The first-order chi connectivity index (χ1) is 18.7. The third-order valence-electron chi connectivity index (χ3n) is 6.13. The molecule has 0 radical (unpaired) electrons. The maximum atomic E-state index is 14.6. The van der Waals surface area contributed by atoms with Gasteiger partial charge in [0.15, 0.2) is 0 Å². The zero-order chi connectivity index (χ0) is 29.8. The van der Waals surface area contributed by atoms with Crippen molar-refractivity contribution in [2.75, 3.05) is 28.3 Å². The van der Waals surface area contributed by atoms with E-state index in [-0.39, 0.29) is 29.8 Å². The fourth-order valence-corrected chi connectivity index (χ4v) is 4.64. The molecule has 0 spiro atoms. The van der Waals surface area contributed by atoms with Crippen molar-refractivity contribution in [3.05, 3.63) is 65.2 Å². The van der Waals surface area contributed by atoms with Gasteiger partial charge in [0.25, 0.3) is 0 Å². The van der Waals surface area contributed by atoms with E-state index < -0.39 is 35.4 Å². The molecule has 3 aromatic rings. The third kappa shape index (κ3) is 7.24. The van der Waals surface area contributed by atoms with Crippen molar-refractivity contribution in [1.82, 2.24) is 10.2 Å². The largest absolute Gasteiger partial charge is 0.496 e. The average molecular weight is 561 g/mol. The molecule has 0 aliphatic rings. The predicted molar refractivity (Wildman–Crippen MR) is 147 cm³/mol. The molecular weight excluding hydrogens is 525 g/mol. The number of halogens is 3. The quantitative estimate of drug-likeness (QED) is 0.331. The number of carbonyl (C=O) groups excluding carboxylic acids is 2. The molecular formula is C30H35F3N2O5. The number of rotatable bonds is 8. The first-order valence-corrected chi connectivity index (χ1v) is 12.7. The van der Waals surface area contributed by atoms with E-state index in [1.54, 1.807) is 82.2 Å². The minimum absolute atomic E-state index is 0.0244. The number of alkyl carbamates (subject to hydrolysis) is 1. The van der Waals surface area contributed by atoms with Gasteiger partial charge in [-0.05, 0) is 68.4 Å². The van der Waals surface area contributed by atoms with Crippen LogP contribution in [-0.4, -0.2) is 56.9 Å². The second-order valence-electron chi connectivity index (χ2n) is 10.7. The second kappa shape index (κ2) is 12.2. The lowest BCUT2D eigenvalue weighted by atomic mass is 9.88. The Balaban J connectivity index is 2.19. The molecule has 0 aromatic heterocycles. The minimum Gasteiger partial charge on any atom is -0.496 e. The van der Waals surface area contributed by atoms with Crippen LogP contribution in [0.5, 0.6) is 5.75 Å². The molecule has 3 aromatic carbocycles. The van der Waals surface area contributed by atoms with Gasteiger partial charge in [-0.1, -0.05) is 42.5 Å². The first kappa shape index (κ1) is 30.7. The standard InChI is InChI=1S/C30H35F3N2O5/c1-29(2,3)40-28(37)34-23(27(36)39-7)16-18-10-8-12-21-20(18)11-9-13-22(21)25-24(38-6)15-14-19(17-35(4)5)26(25)30(31,32)33/h8-15,23H,16-17H2,1-7H3,(H,34,37)/t23-/m0/s1. The molecule has 10 heteroatoms. The summed E-state index contributed by atoms with van der Waals surface area (Å²) < 4.78 is 59.4. The Bertz CT molecular complexity index is 1380. The number of amides is 1. The lowest BCUT2D eigenvalue weighted by molar-refractivity contribution is -0.143. The predicted octanol–water partition coefficient (Wildman–Crippen LogP) is 6.20. The van der Waals surface area contributed by atoms with E-state index >= 15 is 0 Å². The fourth-order valence-electron chi connectivity index (χ4n) is 4.64. The van der Waals surface area contributed by atoms with E-state index in [0.717, 1.165) is 0 Å². The average Bonchev–Trinajstić information content (AvgIpc) is 2.85. The summed E-state index contributed by atoms with van der Waals surface area (Å²) in [7, 11) is 5.96. The van der Waals surface area contributed by atoms with Crippen molar-refractivity contribution in [3.8, 4) is 16.9 Å². The number of esters is 1. The molecule has 0 aliphatic carbocycles. The van der Waals surface area contributed by atoms with Gasteiger partial charge in [-0.3, -0.25) is 0 Å². The Kier molecular flexibility index (Phi) is 9.35. The number of benzene rings is 3. The molecule has 1 N–H and O–H groups in total. The van der Waals surface area contributed by atoms with E-state index in [1.165, 1.54) is 20.3 Å². The van der Waals surface area contributed by atoms with E-state index in [2.05, 4.69) is 5.32 Å². The van der Waals surface area contributed by atoms with Crippen molar-refractivity contribution in [3.63, 3.8) is 0 Å². The maximum absolute atomic E-state index is 14.6. The molecule has 0 heterocycles. The number of methoxy groups -OCH3 is 2. The third-order valence-corrected chi connectivity index (χ3v) is 6.13. The Hall–Kier alpha value is -3.79. The molecule has 1 atom stereocenters. The number of carbonyl (C=O) groups is 2. The van der Waals surface area contributed by atoms with Crippen molar-refractivity contribution in [2.45, 2.75) is 51.6 Å². The molecule has 3 rings (SSSR count). The van der Waals surface area contributed by atoms with Crippen LogP contribution in [0, 0.1) is 0 Å². The molecule has 0 saturated heterocycles. The van der Waals surface area contributed by atoms with Crippen molar-refractivity contribution >= 4 is 22.8 Å². The second-order valence-corrected chi connectivity index (χ2v) is 10.7. The van der Waals surface area contributed by atoms with Crippen LogP contribution in [0.2, 0.25) is 0 Å². The van der Waals surface area contributed by atoms with Gasteiger partial charge in [-0.15, -0.1) is 0 Å². The molecule has 216 valence electrons. The highest BCUT2D eigenvalue weighted by Gasteiger charge is 2.38. The number of nitrogens with zero attached hydrogens (tertiary/aromatic N) is 1. The summed E-state index contributed by atoms with van der Waals surface area (Å²) in [6, 6.07) is 12.1. The number of nitrogens with one attached hydrogen (secondary N) is 1. The number of fused-ring (bicyclic) bond motifs is 1. The maximum Gasteiger partial charge on any atom is 0.417 e. The van der Waals surface area contributed by atoms with Crippen molar-refractivity contribution in [1.29, 1.82) is 0 Å². The van der Waals surface area contributed by atoms with Gasteiger partial charge in [0.1, 0.15) is 17.4 Å². The Morgan fingerprint density at radius 3 is 2.15 bits per heavy atom. The summed E-state index contributed by atoms with van der Waals surface area (Å²) in [5, 5.41) is 3.70. The Morgan fingerprint density at radius 2 is 1.57 bits per heavy atom. The highest BCUT2D eigenvalue weighted by atomic mass is 19.4. The molecule has 0 saturated carbocycles. The van der Waals surface area contributed by atoms with Gasteiger partial charge in [0.05, 0.1) is 19.8 Å². The summed E-state index contributed by atoms with van der Waals surface area (Å²) in [4.78, 5) is 26.7. The van der Waals surface area contributed by atoms with Gasteiger partial charge >= 0.3 is 18.2 Å². The molecule has 0 bridgehead atoms. The lowest BCUT2D eigenvalue weighted by Crippen LogP contribution is -2.45. The molecule has 0 fully saturated rings. The zero-order valence-corrected chi connectivity index (χ0v) is 23.7. The van der Waals surface area contributed by atoms with Gasteiger partial charge < -0.3 is 24.4 Å². The van der Waals surface area contributed by atoms with Crippen LogP contribution in [0.3, 0.4) is 0 Å². The summed E-state index contributed by atoms with van der Waals surface area (Å²) in [5.41, 5.74) is -0.531. The molecule has 1 amide bonds. The smallest absolute Gasteiger partial charge is 0.417 e. The van der Waals surface area contributed by atoms with E-state index in [1.807, 2.05) is 0 Å². The fraction of sp³-hybridized carbons (Fsp3) is 0.400. The van der Waals surface area contributed by atoms with E-state index in [0.29, 0.717) is 21.9 Å². The van der Waals surface area contributed by atoms with Crippen molar-refractivity contribution in [2.24, 2.45) is 0 Å². The normalized spacial score (nSPS) is 12.8. The van der Waals surface area contributed by atoms with Gasteiger partial charge in [-0.25, -0.2) is 9.59 Å². The first-order valence-electron chi connectivity index (χ1n) is 12.7. The van der Waals surface area contributed by atoms with Crippen LogP contribution < -0.4 is 10.1 Å².